The highest BCUT2D eigenvalue weighted by Crippen LogP contribution is 2.37. The molecule has 0 aliphatic carbocycles. The van der Waals surface area contributed by atoms with Gasteiger partial charge in [0.1, 0.15) is 11.5 Å². The largest absolute Gasteiger partial charge is 0.477 e. The molecule has 1 aliphatic rings. The van der Waals surface area contributed by atoms with Crippen molar-refractivity contribution in [3.63, 3.8) is 0 Å². The highest BCUT2D eigenvalue weighted by atomic mass is 16.5. The van der Waals surface area contributed by atoms with E-state index in [0.717, 1.165) is 43.0 Å². The molecule has 4 aromatic rings. The summed E-state index contributed by atoms with van der Waals surface area (Å²) < 4.78 is 16.8. The molecular weight excluding hydrogens is 448 g/mol. The number of hydrogen-bond acceptors (Lipinski definition) is 10. The number of hydrogen-bond donors (Lipinski definition) is 2. The lowest BCUT2D eigenvalue weighted by molar-refractivity contribution is 0.170. The number of H-pyrrole nitrogens is 1. The number of nitrogens with zero attached hydrogens (tertiary/aromatic N) is 6. The van der Waals surface area contributed by atoms with Gasteiger partial charge in [-0.2, -0.15) is 15.1 Å². The maximum Gasteiger partial charge on any atom is 0.231 e. The molecule has 1 saturated heterocycles. The Morgan fingerprint density at radius 2 is 2.09 bits per heavy atom. The lowest BCUT2D eigenvalue weighted by atomic mass is 10.1. The molecule has 1 fully saturated rings. The number of anilines is 3. The van der Waals surface area contributed by atoms with Crippen LogP contribution in [0.15, 0.2) is 47.1 Å². The number of nitrogens with one attached hydrogen (secondary N) is 2. The molecule has 0 saturated carbocycles. The number of aryl methyl sites for hydroxylation is 1. The van der Waals surface area contributed by atoms with Gasteiger partial charge in [-0.05, 0) is 31.9 Å². The van der Waals surface area contributed by atoms with Crippen molar-refractivity contribution in [2.45, 2.75) is 32.2 Å². The first-order valence-electron chi connectivity index (χ1n) is 11.6. The van der Waals surface area contributed by atoms with Gasteiger partial charge >= 0.3 is 0 Å². The molecule has 0 radical (unpaired) electrons. The van der Waals surface area contributed by atoms with Gasteiger partial charge in [-0.15, -0.1) is 0 Å². The Balaban J connectivity index is 1.41. The fourth-order valence-corrected chi connectivity index (χ4v) is 4.06. The van der Waals surface area contributed by atoms with E-state index in [4.69, 9.17) is 24.0 Å². The Hall–Kier alpha value is -3.99. The van der Waals surface area contributed by atoms with E-state index in [1.807, 2.05) is 37.3 Å². The van der Waals surface area contributed by atoms with Gasteiger partial charge in [0.25, 0.3) is 0 Å². The zero-order chi connectivity index (χ0) is 24.0. The van der Waals surface area contributed by atoms with Gasteiger partial charge in [0.15, 0.2) is 11.6 Å². The van der Waals surface area contributed by atoms with Gasteiger partial charge in [-0.25, -0.2) is 0 Å². The first-order chi connectivity index (χ1) is 17.2. The quantitative estimate of drug-likeness (QED) is 0.323. The SMILES string of the molecule is COCCCOc1cc(Nc2cc(C)[nH]n2)nc(N2CCCC2c2cc(-c3ccccn3)no2)n1. The van der Waals surface area contributed by atoms with Crippen molar-refractivity contribution in [1.82, 2.24) is 30.3 Å². The fraction of sp³-hybridized carbons (Fsp3) is 0.375. The third-order valence-corrected chi connectivity index (χ3v) is 5.69. The van der Waals surface area contributed by atoms with Crippen LogP contribution in [-0.4, -0.2) is 57.2 Å². The predicted molar refractivity (Wildman–Crippen MR) is 130 cm³/mol. The van der Waals surface area contributed by atoms with Gasteiger partial charge in [0.05, 0.1) is 18.3 Å². The predicted octanol–water partition coefficient (Wildman–Crippen LogP) is 4.06. The molecule has 1 atom stereocenters. The molecule has 1 unspecified atom stereocenters. The average molecular weight is 477 g/mol. The molecule has 1 aliphatic heterocycles. The first kappa shape index (κ1) is 22.8. The summed E-state index contributed by atoms with van der Waals surface area (Å²) in [7, 11) is 1.67. The van der Waals surface area contributed by atoms with Gasteiger partial charge < -0.3 is 24.2 Å². The van der Waals surface area contributed by atoms with Gasteiger partial charge in [-0.1, -0.05) is 11.2 Å². The van der Waals surface area contributed by atoms with Crippen LogP contribution in [0.4, 0.5) is 17.6 Å². The minimum absolute atomic E-state index is 0.0378. The first-order valence-corrected chi connectivity index (χ1v) is 11.6. The zero-order valence-corrected chi connectivity index (χ0v) is 19.8. The van der Waals surface area contributed by atoms with Crippen molar-refractivity contribution in [2.24, 2.45) is 0 Å². The second-order valence-electron chi connectivity index (χ2n) is 8.33. The Labute approximate surface area is 202 Å². The van der Waals surface area contributed by atoms with E-state index in [0.29, 0.717) is 42.4 Å². The van der Waals surface area contributed by atoms with Crippen molar-refractivity contribution in [1.29, 1.82) is 0 Å². The van der Waals surface area contributed by atoms with E-state index in [1.165, 1.54) is 0 Å². The number of rotatable bonds is 10. The molecule has 5 rings (SSSR count). The highest BCUT2D eigenvalue weighted by molar-refractivity contribution is 5.57. The lowest BCUT2D eigenvalue weighted by Gasteiger charge is -2.23. The number of aromatic nitrogens is 6. The summed E-state index contributed by atoms with van der Waals surface area (Å²) >= 11 is 0. The summed E-state index contributed by atoms with van der Waals surface area (Å²) in [4.78, 5) is 16.0. The normalized spacial score (nSPS) is 15.5. The minimum Gasteiger partial charge on any atom is -0.477 e. The Bertz CT molecular complexity index is 1240. The molecule has 11 nitrogen and oxygen atoms in total. The molecule has 0 amide bonds. The molecule has 182 valence electrons. The van der Waals surface area contributed by atoms with Crippen LogP contribution in [0.2, 0.25) is 0 Å². The fourth-order valence-electron chi connectivity index (χ4n) is 4.06. The Kier molecular flexibility index (Phi) is 6.85. The van der Waals surface area contributed by atoms with Crippen LogP contribution < -0.4 is 15.0 Å². The van der Waals surface area contributed by atoms with E-state index < -0.39 is 0 Å². The van der Waals surface area contributed by atoms with Crippen molar-refractivity contribution < 1.29 is 14.0 Å². The summed E-state index contributed by atoms with van der Waals surface area (Å²) in [6.45, 7) is 3.84. The minimum atomic E-state index is -0.0378. The number of ether oxygens (including phenoxy) is 2. The summed E-state index contributed by atoms with van der Waals surface area (Å²) in [5.74, 6) is 3.07. The summed E-state index contributed by atoms with van der Waals surface area (Å²) in [6.07, 6.45) is 4.39. The van der Waals surface area contributed by atoms with Crippen LogP contribution in [0, 0.1) is 6.92 Å². The Morgan fingerprint density at radius 1 is 1.14 bits per heavy atom. The topological polar surface area (TPSA) is 127 Å². The maximum atomic E-state index is 5.92. The van der Waals surface area contributed by atoms with Crippen molar-refractivity contribution in [3.8, 4) is 17.3 Å². The molecule has 4 aromatic heterocycles. The molecule has 11 heteroatoms. The van der Waals surface area contributed by atoms with E-state index in [9.17, 15) is 0 Å². The summed E-state index contributed by atoms with van der Waals surface area (Å²) in [5.41, 5.74) is 2.43. The summed E-state index contributed by atoms with van der Waals surface area (Å²) in [6, 6.07) is 11.3. The average Bonchev–Trinajstić information content (AvgIpc) is 3.63. The standard InChI is InChI=1S/C24H28N8O3/c1-16-13-22(30-29-16)26-21-15-23(34-12-6-11-33-2)28-24(27-21)32-10-5-8-19(32)20-14-18(31-35-20)17-7-3-4-9-25-17/h3-4,7,9,13-15,19H,5-6,8,10-12H2,1-2H3,(H2,26,27,28,29,30). The molecule has 0 spiro atoms. The third-order valence-electron chi connectivity index (χ3n) is 5.69. The molecular formula is C24H28N8O3. The lowest BCUT2D eigenvalue weighted by Crippen LogP contribution is -2.25. The van der Waals surface area contributed by atoms with Gasteiger partial charge in [0.2, 0.25) is 11.8 Å². The van der Waals surface area contributed by atoms with Crippen LogP contribution in [0.1, 0.15) is 36.8 Å². The summed E-state index contributed by atoms with van der Waals surface area (Å²) in [5, 5.41) is 14.7. The molecule has 0 bridgehead atoms. The number of aromatic amines is 1. The van der Waals surface area contributed by atoms with Crippen molar-refractivity contribution >= 4 is 17.6 Å². The van der Waals surface area contributed by atoms with Gasteiger partial charge in [0, 0.05) is 56.8 Å². The van der Waals surface area contributed by atoms with E-state index in [2.05, 4.69) is 30.6 Å². The van der Waals surface area contributed by atoms with Crippen LogP contribution >= 0.6 is 0 Å². The number of pyridine rings is 1. The van der Waals surface area contributed by atoms with Crippen molar-refractivity contribution in [3.05, 3.63) is 54.0 Å². The van der Waals surface area contributed by atoms with E-state index in [-0.39, 0.29) is 6.04 Å². The van der Waals surface area contributed by atoms with E-state index >= 15 is 0 Å². The monoisotopic (exact) mass is 476 g/mol. The second-order valence-corrected chi connectivity index (χ2v) is 8.33. The molecule has 0 aromatic carbocycles. The smallest absolute Gasteiger partial charge is 0.231 e. The highest BCUT2D eigenvalue weighted by Gasteiger charge is 2.32. The van der Waals surface area contributed by atoms with Crippen LogP contribution in [0.5, 0.6) is 5.88 Å². The van der Waals surface area contributed by atoms with Gasteiger partial charge in [-0.3, -0.25) is 10.1 Å². The number of methoxy groups -OCH3 is 1. The van der Waals surface area contributed by atoms with Crippen LogP contribution in [-0.2, 0) is 4.74 Å². The second kappa shape index (κ2) is 10.5. The Morgan fingerprint density at radius 3 is 2.89 bits per heavy atom. The third kappa shape index (κ3) is 5.40. The molecule has 2 N–H and O–H groups in total. The van der Waals surface area contributed by atoms with Crippen LogP contribution in [0.25, 0.3) is 11.4 Å². The maximum absolute atomic E-state index is 5.92. The zero-order valence-electron chi connectivity index (χ0n) is 19.8. The molecule has 35 heavy (non-hydrogen) atoms. The molecule has 5 heterocycles. The van der Waals surface area contributed by atoms with Crippen LogP contribution in [0.3, 0.4) is 0 Å². The van der Waals surface area contributed by atoms with Crippen molar-refractivity contribution in [2.75, 3.05) is 37.1 Å². The van der Waals surface area contributed by atoms with E-state index in [1.54, 1.807) is 19.4 Å².